The molecule has 0 atom stereocenters. The van der Waals surface area contributed by atoms with Gasteiger partial charge in [-0.3, -0.25) is 4.79 Å². The highest BCUT2D eigenvalue weighted by Crippen LogP contribution is 2.27. The van der Waals surface area contributed by atoms with Gasteiger partial charge in [-0.15, -0.1) is 0 Å². The Morgan fingerprint density at radius 3 is 2.34 bits per heavy atom. The summed E-state index contributed by atoms with van der Waals surface area (Å²) in [5.41, 5.74) is -0.468. The molecule has 0 aliphatic carbocycles. The molecule has 1 aromatic heterocycles. The first-order chi connectivity index (χ1) is 15.2. The van der Waals surface area contributed by atoms with Crippen LogP contribution < -0.4 is 10.3 Å². The third kappa shape index (κ3) is 3.76. The molecule has 3 aromatic rings. The fraction of sp³-hybridized carbons (Fsp3) is 0.273. The lowest BCUT2D eigenvalue weighted by Crippen LogP contribution is -2.48. The van der Waals surface area contributed by atoms with E-state index < -0.39 is 32.8 Å². The van der Waals surface area contributed by atoms with Gasteiger partial charge in [0.05, 0.1) is 16.1 Å². The molecular formula is C22H22FN3O5S. The number of carboxylic acid groups (broad SMARTS) is 1. The van der Waals surface area contributed by atoms with Crippen LogP contribution in [0, 0.1) is 5.82 Å². The van der Waals surface area contributed by atoms with Crippen LogP contribution >= 0.6 is 0 Å². The van der Waals surface area contributed by atoms with Crippen molar-refractivity contribution in [1.29, 1.82) is 0 Å². The molecule has 0 amide bonds. The van der Waals surface area contributed by atoms with E-state index in [1.54, 1.807) is 46.7 Å². The second-order valence-corrected chi connectivity index (χ2v) is 9.43. The highest BCUT2D eigenvalue weighted by atomic mass is 32.2. The molecule has 4 rings (SSSR count). The highest BCUT2D eigenvalue weighted by molar-refractivity contribution is 7.89. The lowest BCUT2D eigenvalue weighted by atomic mass is 10.1. The van der Waals surface area contributed by atoms with Crippen LogP contribution in [-0.4, -0.2) is 54.5 Å². The Bertz CT molecular complexity index is 1350. The third-order valence-corrected chi connectivity index (χ3v) is 7.59. The summed E-state index contributed by atoms with van der Waals surface area (Å²) in [6.07, 6.45) is 1.26. The van der Waals surface area contributed by atoms with Gasteiger partial charge in [0.2, 0.25) is 15.5 Å². The quantitative estimate of drug-likeness (QED) is 0.629. The van der Waals surface area contributed by atoms with Gasteiger partial charge in [0.15, 0.2) is 0 Å². The number of pyridine rings is 1. The van der Waals surface area contributed by atoms with Crippen molar-refractivity contribution < 1.29 is 22.7 Å². The number of aromatic carboxylic acids is 1. The summed E-state index contributed by atoms with van der Waals surface area (Å²) in [5, 5.41) is 9.28. The summed E-state index contributed by atoms with van der Waals surface area (Å²) in [5.74, 6) is -2.02. The van der Waals surface area contributed by atoms with E-state index in [2.05, 4.69) is 0 Å². The number of carbonyl (C=O) groups is 1. The fourth-order valence-corrected chi connectivity index (χ4v) is 5.41. The molecular weight excluding hydrogens is 437 g/mol. The molecule has 0 radical (unpaired) electrons. The number of hydrogen-bond donors (Lipinski definition) is 1. The summed E-state index contributed by atoms with van der Waals surface area (Å²) in [7, 11) is -3.63. The maximum atomic E-state index is 15.0. The molecule has 1 aliphatic heterocycles. The minimum Gasteiger partial charge on any atom is -0.477 e. The topological polar surface area (TPSA) is 99.9 Å². The highest BCUT2D eigenvalue weighted by Gasteiger charge is 2.29. The first kappa shape index (κ1) is 22.0. The summed E-state index contributed by atoms with van der Waals surface area (Å²) >= 11 is 0. The number of piperazine rings is 1. The number of carboxylic acids is 1. The van der Waals surface area contributed by atoms with E-state index in [0.717, 1.165) is 6.07 Å². The Morgan fingerprint density at radius 1 is 1.09 bits per heavy atom. The van der Waals surface area contributed by atoms with Crippen molar-refractivity contribution in [2.45, 2.75) is 18.4 Å². The zero-order valence-electron chi connectivity index (χ0n) is 17.4. The van der Waals surface area contributed by atoms with E-state index in [4.69, 9.17) is 0 Å². The number of aromatic nitrogens is 1. The number of benzene rings is 2. The zero-order chi connectivity index (χ0) is 23.0. The predicted molar refractivity (Wildman–Crippen MR) is 118 cm³/mol. The molecule has 168 valence electrons. The number of halogens is 1. The molecule has 1 N–H and O–H groups in total. The van der Waals surface area contributed by atoms with Gasteiger partial charge in [-0.05, 0) is 31.2 Å². The smallest absolute Gasteiger partial charge is 0.341 e. The SMILES string of the molecule is CCn1cc(C(=O)O)c(=O)c2cc(F)c(N3CCN(S(=O)(=O)c4ccccc4)CC3)cc21. The van der Waals surface area contributed by atoms with Crippen molar-refractivity contribution in [3.8, 4) is 0 Å². The van der Waals surface area contributed by atoms with Crippen LogP contribution in [0.25, 0.3) is 10.9 Å². The van der Waals surface area contributed by atoms with Gasteiger partial charge >= 0.3 is 5.97 Å². The molecule has 0 bridgehead atoms. The van der Waals surface area contributed by atoms with Crippen molar-refractivity contribution in [3.63, 3.8) is 0 Å². The van der Waals surface area contributed by atoms with Crippen LogP contribution in [0.4, 0.5) is 10.1 Å². The second kappa shape index (κ2) is 8.36. The fourth-order valence-electron chi connectivity index (χ4n) is 3.97. The summed E-state index contributed by atoms with van der Waals surface area (Å²) in [6.45, 7) is 3.12. The van der Waals surface area contributed by atoms with Gasteiger partial charge in [-0.25, -0.2) is 17.6 Å². The van der Waals surface area contributed by atoms with Crippen LogP contribution in [0.3, 0.4) is 0 Å². The van der Waals surface area contributed by atoms with E-state index in [1.807, 2.05) is 0 Å². The lowest BCUT2D eigenvalue weighted by molar-refractivity contribution is 0.0695. The molecule has 2 aromatic carbocycles. The summed E-state index contributed by atoms with van der Waals surface area (Å²) < 4.78 is 43.6. The van der Waals surface area contributed by atoms with Crippen molar-refractivity contribution in [2.75, 3.05) is 31.1 Å². The average molecular weight is 459 g/mol. The molecule has 1 saturated heterocycles. The van der Waals surface area contributed by atoms with Crippen LogP contribution in [0.5, 0.6) is 0 Å². The minimum absolute atomic E-state index is 0.00158. The Kier molecular flexibility index (Phi) is 5.74. The van der Waals surface area contributed by atoms with E-state index >= 15 is 0 Å². The van der Waals surface area contributed by atoms with Crippen LogP contribution in [0.2, 0.25) is 0 Å². The van der Waals surface area contributed by atoms with Crippen molar-refractivity contribution in [3.05, 3.63) is 70.3 Å². The van der Waals surface area contributed by atoms with Gasteiger partial charge in [0.1, 0.15) is 11.4 Å². The molecule has 8 nitrogen and oxygen atoms in total. The Morgan fingerprint density at radius 2 is 1.75 bits per heavy atom. The number of sulfonamides is 1. The lowest BCUT2D eigenvalue weighted by Gasteiger charge is -2.35. The molecule has 2 heterocycles. The zero-order valence-corrected chi connectivity index (χ0v) is 18.2. The van der Waals surface area contributed by atoms with Crippen molar-refractivity contribution >= 4 is 32.6 Å². The van der Waals surface area contributed by atoms with Crippen molar-refractivity contribution in [2.24, 2.45) is 0 Å². The normalized spacial score (nSPS) is 15.2. The number of aryl methyl sites for hydroxylation is 1. The molecule has 10 heteroatoms. The Balaban J connectivity index is 1.65. The van der Waals surface area contributed by atoms with E-state index in [1.165, 1.54) is 16.6 Å². The Labute approximate surface area is 184 Å². The molecule has 0 spiro atoms. The summed E-state index contributed by atoms with van der Waals surface area (Å²) in [4.78, 5) is 25.8. The van der Waals surface area contributed by atoms with Crippen LogP contribution in [-0.2, 0) is 16.6 Å². The molecule has 1 fully saturated rings. The maximum absolute atomic E-state index is 15.0. The minimum atomic E-state index is -3.63. The number of anilines is 1. The average Bonchev–Trinajstić information content (AvgIpc) is 2.80. The number of nitrogens with zero attached hydrogens (tertiary/aromatic N) is 3. The third-order valence-electron chi connectivity index (χ3n) is 5.68. The van der Waals surface area contributed by atoms with Gasteiger partial charge in [-0.1, -0.05) is 18.2 Å². The number of fused-ring (bicyclic) bond motifs is 1. The summed E-state index contributed by atoms with van der Waals surface area (Å²) in [6, 6.07) is 10.8. The largest absolute Gasteiger partial charge is 0.477 e. The molecule has 1 aliphatic rings. The van der Waals surface area contributed by atoms with E-state index in [9.17, 15) is 27.5 Å². The van der Waals surface area contributed by atoms with Gasteiger partial charge < -0.3 is 14.6 Å². The molecule has 0 unspecified atom stereocenters. The predicted octanol–water partition coefficient (Wildman–Crippen LogP) is 2.37. The van der Waals surface area contributed by atoms with Crippen LogP contribution in [0.1, 0.15) is 17.3 Å². The molecule has 32 heavy (non-hydrogen) atoms. The van der Waals surface area contributed by atoms with Gasteiger partial charge in [0, 0.05) is 44.3 Å². The van der Waals surface area contributed by atoms with E-state index in [-0.39, 0.29) is 42.1 Å². The maximum Gasteiger partial charge on any atom is 0.341 e. The van der Waals surface area contributed by atoms with Gasteiger partial charge in [-0.2, -0.15) is 4.31 Å². The first-order valence-electron chi connectivity index (χ1n) is 10.1. The second-order valence-electron chi connectivity index (χ2n) is 7.49. The van der Waals surface area contributed by atoms with E-state index in [0.29, 0.717) is 12.1 Å². The first-order valence-corrected chi connectivity index (χ1v) is 11.6. The van der Waals surface area contributed by atoms with Crippen LogP contribution in [0.15, 0.2) is 58.4 Å². The number of rotatable bonds is 5. The van der Waals surface area contributed by atoms with Gasteiger partial charge in [0.25, 0.3) is 0 Å². The number of hydrogen-bond acceptors (Lipinski definition) is 5. The monoisotopic (exact) mass is 459 g/mol. The Hall–Kier alpha value is -3.24. The molecule has 0 saturated carbocycles. The standard InChI is InChI=1S/C22H22FN3O5S/c1-2-24-14-17(22(28)29)21(27)16-12-18(23)20(13-19(16)24)25-8-10-26(11-9-25)32(30,31)15-6-4-3-5-7-15/h3-7,12-14H,2,8-11H2,1H3,(H,28,29). The van der Waals surface area contributed by atoms with Crippen molar-refractivity contribution in [1.82, 2.24) is 8.87 Å².